The van der Waals surface area contributed by atoms with Gasteiger partial charge in [0.05, 0.1) is 0 Å². The molecule has 1 saturated carbocycles. The Kier molecular flexibility index (Phi) is 9.61. The summed E-state index contributed by atoms with van der Waals surface area (Å²) in [5.41, 5.74) is 1.33. The zero-order valence-corrected chi connectivity index (χ0v) is 20.5. The fourth-order valence-electron chi connectivity index (χ4n) is 4.66. The van der Waals surface area contributed by atoms with Crippen LogP contribution < -0.4 is 5.32 Å². The first kappa shape index (κ1) is 25.1. The number of nitrogens with one attached hydrogen (secondary N) is 1. The molecule has 1 fully saturated rings. The predicted octanol–water partition coefficient (Wildman–Crippen LogP) is 6.45. The SMILES string of the molecule is CCC(CC)CC1(C(=O)Nc2ccccc2CC(SC)(SC)C(=O)O)CCCCC1. The smallest absolute Gasteiger partial charge is 0.330 e. The number of amides is 1. The number of para-hydroxylation sites is 1. The van der Waals surface area contributed by atoms with Gasteiger partial charge in [-0.25, -0.2) is 4.79 Å². The molecule has 1 aliphatic carbocycles. The molecule has 1 aliphatic rings. The van der Waals surface area contributed by atoms with Crippen LogP contribution >= 0.6 is 23.5 Å². The van der Waals surface area contributed by atoms with E-state index in [0.717, 1.165) is 56.2 Å². The van der Waals surface area contributed by atoms with Gasteiger partial charge in [-0.3, -0.25) is 4.79 Å². The van der Waals surface area contributed by atoms with E-state index in [4.69, 9.17) is 0 Å². The van der Waals surface area contributed by atoms with Gasteiger partial charge in [0, 0.05) is 17.5 Å². The monoisotopic (exact) mass is 451 g/mol. The number of rotatable bonds is 11. The Morgan fingerprint density at radius 3 is 2.23 bits per heavy atom. The number of anilines is 1. The third-order valence-corrected chi connectivity index (χ3v) is 9.76. The largest absolute Gasteiger partial charge is 0.480 e. The minimum Gasteiger partial charge on any atom is -0.480 e. The van der Waals surface area contributed by atoms with E-state index in [1.807, 2.05) is 36.8 Å². The Bertz CT molecular complexity index is 708. The summed E-state index contributed by atoms with van der Waals surface area (Å²) in [4.78, 5) is 25.6. The van der Waals surface area contributed by atoms with Crippen LogP contribution in [0, 0.1) is 11.3 Å². The summed E-state index contributed by atoms with van der Waals surface area (Å²) in [5, 5.41) is 13.1. The number of aliphatic carboxylic acids is 1. The molecule has 2 N–H and O–H groups in total. The molecule has 0 aromatic heterocycles. The van der Waals surface area contributed by atoms with Crippen LogP contribution in [0.25, 0.3) is 0 Å². The summed E-state index contributed by atoms with van der Waals surface area (Å²) >= 11 is 2.68. The van der Waals surface area contributed by atoms with Crippen molar-refractivity contribution in [3.8, 4) is 0 Å². The van der Waals surface area contributed by atoms with E-state index in [-0.39, 0.29) is 11.3 Å². The summed E-state index contributed by atoms with van der Waals surface area (Å²) in [6.45, 7) is 4.43. The molecule has 1 aromatic rings. The van der Waals surface area contributed by atoms with Crippen molar-refractivity contribution >= 4 is 41.1 Å². The van der Waals surface area contributed by atoms with Gasteiger partial charge in [0.2, 0.25) is 5.91 Å². The van der Waals surface area contributed by atoms with E-state index in [1.165, 1.54) is 29.9 Å². The zero-order chi connectivity index (χ0) is 22.2. The fourth-order valence-corrected chi connectivity index (χ4v) is 6.28. The molecule has 1 aromatic carbocycles. The van der Waals surface area contributed by atoms with Crippen LogP contribution in [0.1, 0.15) is 70.8 Å². The van der Waals surface area contributed by atoms with E-state index in [9.17, 15) is 14.7 Å². The Labute approximate surface area is 190 Å². The van der Waals surface area contributed by atoms with Crippen LogP contribution in [0.2, 0.25) is 0 Å². The molecule has 168 valence electrons. The Hall–Kier alpha value is -1.14. The summed E-state index contributed by atoms with van der Waals surface area (Å²) < 4.78 is -0.959. The lowest BCUT2D eigenvalue weighted by atomic mass is 9.67. The molecule has 4 nitrogen and oxygen atoms in total. The topological polar surface area (TPSA) is 66.4 Å². The van der Waals surface area contributed by atoms with Crippen molar-refractivity contribution in [1.82, 2.24) is 0 Å². The number of carbonyl (C=O) groups is 2. The van der Waals surface area contributed by atoms with E-state index < -0.39 is 10.0 Å². The molecular weight excluding hydrogens is 414 g/mol. The highest BCUT2D eigenvalue weighted by molar-refractivity contribution is 8.18. The molecule has 0 bridgehead atoms. The predicted molar refractivity (Wildman–Crippen MR) is 130 cm³/mol. The molecule has 2 rings (SSSR count). The Morgan fingerprint density at radius 2 is 1.70 bits per heavy atom. The molecule has 1 amide bonds. The van der Waals surface area contributed by atoms with E-state index in [0.29, 0.717) is 12.3 Å². The van der Waals surface area contributed by atoms with Crippen molar-refractivity contribution in [1.29, 1.82) is 0 Å². The van der Waals surface area contributed by atoms with Crippen molar-refractivity contribution in [3.05, 3.63) is 29.8 Å². The molecule has 30 heavy (non-hydrogen) atoms. The first-order valence-electron chi connectivity index (χ1n) is 11.1. The minimum atomic E-state index is -0.959. The van der Waals surface area contributed by atoms with Crippen molar-refractivity contribution in [3.63, 3.8) is 0 Å². The van der Waals surface area contributed by atoms with Crippen LogP contribution in [0.15, 0.2) is 24.3 Å². The lowest BCUT2D eigenvalue weighted by Gasteiger charge is -2.38. The molecule has 0 radical (unpaired) electrons. The van der Waals surface area contributed by atoms with Crippen LogP contribution in [0.4, 0.5) is 5.69 Å². The van der Waals surface area contributed by atoms with Crippen LogP contribution in [0.3, 0.4) is 0 Å². The van der Waals surface area contributed by atoms with Crippen LogP contribution in [-0.2, 0) is 16.0 Å². The Morgan fingerprint density at radius 1 is 1.10 bits per heavy atom. The van der Waals surface area contributed by atoms with Gasteiger partial charge in [-0.1, -0.05) is 64.2 Å². The average molecular weight is 452 g/mol. The molecule has 0 unspecified atom stereocenters. The normalized spacial score (nSPS) is 16.4. The molecule has 0 spiro atoms. The summed E-state index contributed by atoms with van der Waals surface area (Å²) in [6, 6.07) is 7.68. The Balaban J connectivity index is 2.30. The van der Waals surface area contributed by atoms with Crippen LogP contribution in [-0.4, -0.2) is 33.6 Å². The molecule has 6 heteroatoms. The first-order chi connectivity index (χ1) is 14.4. The number of carboxylic acid groups (broad SMARTS) is 1. The third kappa shape index (κ3) is 5.76. The van der Waals surface area contributed by atoms with E-state index in [1.54, 1.807) is 0 Å². The zero-order valence-electron chi connectivity index (χ0n) is 18.8. The second kappa shape index (κ2) is 11.5. The lowest BCUT2D eigenvalue weighted by Crippen LogP contribution is -2.40. The highest BCUT2D eigenvalue weighted by atomic mass is 32.2. The van der Waals surface area contributed by atoms with Gasteiger partial charge < -0.3 is 10.4 Å². The summed E-state index contributed by atoms with van der Waals surface area (Å²) in [7, 11) is 0. The highest BCUT2D eigenvalue weighted by Crippen LogP contribution is 2.44. The lowest BCUT2D eigenvalue weighted by molar-refractivity contribution is -0.137. The maximum atomic E-state index is 13.6. The van der Waals surface area contributed by atoms with Gasteiger partial charge in [0.25, 0.3) is 0 Å². The second-order valence-electron chi connectivity index (χ2n) is 8.48. The van der Waals surface area contributed by atoms with E-state index >= 15 is 0 Å². The number of thioether (sulfide) groups is 2. The summed E-state index contributed by atoms with van der Waals surface area (Å²) in [6.07, 6.45) is 12.5. The van der Waals surface area contributed by atoms with E-state index in [2.05, 4.69) is 19.2 Å². The molecular formula is C24H37NO3S2. The second-order valence-corrected chi connectivity index (χ2v) is 11.0. The number of benzene rings is 1. The molecule has 0 heterocycles. The number of hydrogen-bond donors (Lipinski definition) is 2. The van der Waals surface area contributed by atoms with Crippen molar-refractivity contribution in [2.24, 2.45) is 11.3 Å². The van der Waals surface area contributed by atoms with Gasteiger partial charge in [-0.2, -0.15) is 0 Å². The van der Waals surface area contributed by atoms with Crippen molar-refractivity contribution < 1.29 is 14.7 Å². The maximum absolute atomic E-state index is 13.6. The van der Waals surface area contributed by atoms with Gasteiger partial charge in [0.1, 0.15) is 0 Å². The number of carbonyl (C=O) groups excluding carboxylic acids is 1. The van der Waals surface area contributed by atoms with Crippen LogP contribution in [0.5, 0.6) is 0 Å². The quantitative estimate of drug-likeness (QED) is 0.378. The fraction of sp³-hybridized carbons (Fsp3) is 0.667. The molecule has 0 aliphatic heterocycles. The van der Waals surface area contributed by atoms with Gasteiger partial charge in [0.15, 0.2) is 4.08 Å². The molecule has 0 atom stereocenters. The van der Waals surface area contributed by atoms with Gasteiger partial charge in [-0.15, -0.1) is 23.5 Å². The van der Waals surface area contributed by atoms with Crippen molar-refractivity contribution in [2.75, 3.05) is 17.8 Å². The number of hydrogen-bond acceptors (Lipinski definition) is 4. The van der Waals surface area contributed by atoms with Gasteiger partial charge in [-0.05, 0) is 49.3 Å². The van der Waals surface area contributed by atoms with Gasteiger partial charge >= 0.3 is 5.97 Å². The third-order valence-electron chi connectivity index (χ3n) is 6.80. The standard InChI is InChI=1S/C24H37NO3S2/c1-5-18(6-2)16-23(14-10-7-11-15-23)21(26)25-20-13-9-8-12-19(20)17-24(29-3,30-4)22(27)28/h8-9,12-13,18H,5-7,10-11,14-17H2,1-4H3,(H,25,26)(H,27,28). The number of carboxylic acids is 1. The van der Waals surface area contributed by atoms with Crippen molar-refractivity contribution in [2.45, 2.75) is 75.7 Å². The first-order valence-corrected chi connectivity index (χ1v) is 13.5. The maximum Gasteiger partial charge on any atom is 0.330 e. The summed E-state index contributed by atoms with van der Waals surface area (Å²) in [5.74, 6) is -0.145. The average Bonchev–Trinajstić information content (AvgIpc) is 2.77. The highest BCUT2D eigenvalue weighted by Gasteiger charge is 2.41. The molecule has 0 saturated heterocycles. The minimum absolute atomic E-state index is 0.121.